The van der Waals surface area contributed by atoms with Gasteiger partial charge in [0.15, 0.2) is 0 Å². The summed E-state index contributed by atoms with van der Waals surface area (Å²) in [6.45, 7) is 7.34. The highest BCUT2D eigenvalue weighted by Crippen LogP contribution is 2.33. The zero-order valence-corrected chi connectivity index (χ0v) is 7.31. The fraction of sp³-hybridized carbons (Fsp3) is 1.00. The van der Waals surface area contributed by atoms with Crippen LogP contribution in [0.4, 0.5) is 0 Å². The van der Waals surface area contributed by atoms with Crippen molar-refractivity contribution >= 4 is 0 Å². The van der Waals surface area contributed by atoms with Crippen molar-refractivity contribution in [3.8, 4) is 0 Å². The third-order valence-corrected chi connectivity index (χ3v) is 2.61. The molecule has 0 aromatic carbocycles. The number of aliphatic hydroxyl groups is 2. The van der Waals surface area contributed by atoms with Crippen LogP contribution in [-0.4, -0.2) is 22.4 Å². The molecule has 0 aromatic heterocycles. The summed E-state index contributed by atoms with van der Waals surface area (Å²) in [6, 6.07) is 0. The molecular weight excluding hydrogens is 128 g/mol. The van der Waals surface area contributed by atoms with Crippen molar-refractivity contribution in [2.75, 3.05) is 6.61 Å². The first kappa shape index (κ1) is 9.92. The Morgan fingerprint density at radius 2 is 1.60 bits per heavy atom. The molecule has 0 aliphatic heterocycles. The lowest BCUT2D eigenvalue weighted by molar-refractivity contribution is -0.0754. The standard InChI is InChI=1S/C8H18O2/c1-5-8(4,6-9)7(2,3)10/h9-10H,5-6H2,1-4H3. The van der Waals surface area contributed by atoms with Gasteiger partial charge in [-0.25, -0.2) is 0 Å². The number of hydrogen-bond acceptors (Lipinski definition) is 2. The van der Waals surface area contributed by atoms with Gasteiger partial charge in [-0.15, -0.1) is 0 Å². The highest BCUT2D eigenvalue weighted by Gasteiger charge is 2.36. The third-order valence-electron chi connectivity index (χ3n) is 2.61. The lowest BCUT2D eigenvalue weighted by Crippen LogP contribution is -2.43. The van der Waals surface area contributed by atoms with Gasteiger partial charge in [-0.1, -0.05) is 13.8 Å². The minimum absolute atomic E-state index is 0.0347. The SMILES string of the molecule is CCC(C)(CO)C(C)(C)O. The van der Waals surface area contributed by atoms with Crippen LogP contribution in [0.15, 0.2) is 0 Å². The van der Waals surface area contributed by atoms with Gasteiger partial charge in [0.25, 0.3) is 0 Å². The summed E-state index contributed by atoms with van der Waals surface area (Å²) >= 11 is 0. The fourth-order valence-electron chi connectivity index (χ4n) is 0.738. The van der Waals surface area contributed by atoms with Crippen molar-refractivity contribution in [1.82, 2.24) is 0 Å². The van der Waals surface area contributed by atoms with Crippen molar-refractivity contribution < 1.29 is 10.2 Å². The van der Waals surface area contributed by atoms with Gasteiger partial charge >= 0.3 is 0 Å². The summed E-state index contributed by atoms with van der Waals surface area (Å²) in [5.41, 5.74) is -1.16. The van der Waals surface area contributed by atoms with Crippen molar-refractivity contribution in [3.05, 3.63) is 0 Å². The summed E-state index contributed by atoms with van der Waals surface area (Å²) in [5, 5.41) is 18.5. The van der Waals surface area contributed by atoms with Crippen LogP contribution in [0.5, 0.6) is 0 Å². The second kappa shape index (κ2) is 2.89. The molecule has 0 bridgehead atoms. The van der Waals surface area contributed by atoms with E-state index >= 15 is 0 Å². The third kappa shape index (κ3) is 1.70. The molecule has 0 rings (SSSR count). The molecule has 2 N–H and O–H groups in total. The predicted molar refractivity (Wildman–Crippen MR) is 41.8 cm³/mol. The Bertz CT molecular complexity index is 98.3. The summed E-state index contributed by atoms with van der Waals surface area (Å²) in [6.07, 6.45) is 0.785. The first-order valence-electron chi connectivity index (χ1n) is 3.70. The molecule has 2 nitrogen and oxygen atoms in total. The maximum absolute atomic E-state index is 9.58. The lowest BCUT2D eigenvalue weighted by Gasteiger charge is -2.38. The molecule has 1 unspecified atom stereocenters. The number of aliphatic hydroxyl groups excluding tert-OH is 1. The molecule has 10 heavy (non-hydrogen) atoms. The normalized spacial score (nSPS) is 18.6. The Morgan fingerprint density at radius 3 is 1.60 bits per heavy atom. The Hall–Kier alpha value is -0.0800. The van der Waals surface area contributed by atoms with E-state index in [0.717, 1.165) is 6.42 Å². The first-order valence-corrected chi connectivity index (χ1v) is 3.70. The van der Waals surface area contributed by atoms with E-state index in [0.29, 0.717) is 0 Å². The molecule has 0 aliphatic rings. The second-order valence-corrected chi connectivity index (χ2v) is 3.63. The highest BCUT2D eigenvalue weighted by atomic mass is 16.3. The van der Waals surface area contributed by atoms with E-state index in [4.69, 9.17) is 5.11 Å². The molecule has 0 aliphatic carbocycles. The molecule has 0 aromatic rings. The van der Waals surface area contributed by atoms with Crippen LogP contribution in [0.25, 0.3) is 0 Å². The van der Waals surface area contributed by atoms with E-state index in [1.165, 1.54) is 0 Å². The minimum Gasteiger partial charge on any atom is -0.396 e. The van der Waals surface area contributed by atoms with E-state index in [1.807, 2.05) is 13.8 Å². The van der Waals surface area contributed by atoms with Gasteiger partial charge in [-0.2, -0.15) is 0 Å². The van der Waals surface area contributed by atoms with Crippen LogP contribution >= 0.6 is 0 Å². The summed E-state index contributed by atoms with van der Waals surface area (Å²) in [7, 11) is 0. The van der Waals surface area contributed by atoms with Crippen LogP contribution in [0.3, 0.4) is 0 Å². The summed E-state index contributed by atoms with van der Waals surface area (Å²) < 4.78 is 0. The molecule has 62 valence electrons. The molecule has 0 saturated carbocycles. The molecule has 0 amide bonds. The van der Waals surface area contributed by atoms with Crippen molar-refractivity contribution in [3.63, 3.8) is 0 Å². The van der Waals surface area contributed by atoms with Crippen LogP contribution in [0, 0.1) is 5.41 Å². The van der Waals surface area contributed by atoms with Gasteiger partial charge in [-0.3, -0.25) is 0 Å². The molecule has 0 spiro atoms. The molecule has 0 saturated heterocycles. The van der Waals surface area contributed by atoms with Crippen LogP contribution in [-0.2, 0) is 0 Å². The predicted octanol–water partition coefficient (Wildman–Crippen LogP) is 1.17. The van der Waals surface area contributed by atoms with Gasteiger partial charge in [0.05, 0.1) is 12.2 Å². The van der Waals surface area contributed by atoms with Gasteiger partial charge in [0.1, 0.15) is 0 Å². The van der Waals surface area contributed by atoms with Crippen molar-refractivity contribution in [1.29, 1.82) is 0 Å². The highest BCUT2D eigenvalue weighted by molar-refractivity contribution is 4.87. The van der Waals surface area contributed by atoms with E-state index in [1.54, 1.807) is 13.8 Å². The monoisotopic (exact) mass is 146 g/mol. The van der Waals surface area contributed by atoms with Crippen molar-refractivity contribution in [2.45, 2.75) is 39.7 Å². The number of rotatable bonds is 3. The lowest BCUT2D eigenvalue weighted by atomic mass is 9.74. The minimum atomic E-state index is -0.795. The second-order valence-electron chi connectivity index (χ2n) is 3.63. The molecule has 0 fully saturated rings. The fourth-order valence-corrected chi connectivity index (χ4v) is 0.738. The topological polar surface area (TPSA) is 40.5 Å². The zero-order valence-electron chi connectivity index (χ0n) is 7.31. The quantitative estimate of drug-likeness (QED) is 0.627. The average Bonchev–Trinajstić information content (AvgIpc) is 1.84. The largest absolute Gasteiger partial charge is 0.396 e. The number of hydrogen-bond donors (Lipinski definition) is 2. The Kier molecular flexibility index (Phi) is 2.86. The molecule has 2 heteroatoms. The maximum atomic E-state index is 9.58. The molecule has 0 heterocycles. The van der Waals surface area contributed by atoms with Gasteiger partial charge < -0.3 is 10.2 Å². The summed E-state index contributed by atoms with van der Waals surface area (Å²) in [5.74, 6) is 0. The average molecular weight is 146 g/mol. The van der Waals surface area contributed by atoms with Crippen LogP contribution in [0.2, 0.25) is 0 Å². The smallest absolute Gasteiger partial charge is 0.0666 e. The first-order chi connectivity index (χ1) is 4.37. The maximum Gasteiger partial charge on any atom is 0.0666 e. The van der Waals surface area contributed by atoms with Gasteiger partial charge in [-0.05, 0) is 20.3 Å². The van der Waals surface area contributed by atoms with Crippen LogP contribution < -0.4 is 0 Å². The van der Waals surface area contributed by atoms with E-state index in [9.17, 15) is 5.11 Å². The van der Waals surface area contributed by atoms with Crippen molar-refractivity contribution in [2.24, 2.45) is 5.41 Å². The Labute approximate surface area is 62.9 Å². The molecule has 0 radical (unpaired) electrons. The zero-order chi connectivity index (χ0) is 8.41. The van der Waals surface area contributed by atoms with E-state index in [2.05, 4.69) is 0 Å². The van der Waals surface area contributed by atoms with E-state index in [-0.39, 0.29) is 12.0 Å². The van der Waals surface area contributed by atoms with E-state index < -0.39 is 5.60 Å². The Balaban J connectivity index is 4.33. The Morgan fingerprint density at radius 1 is 1.20 bits per heavy atom. The summed E-state index contributed by atoms with van der Waals surface area (Å²) in [4.78, 5) is 0. The molecule has 1 atom stereocenters. The molecular formula is C8H18O2. The van der Waals surface area contributed by atoms with Crippen LogP contribution in [0.1, 0.15) is 34.1 Å². The van der Waals surface area contributed by atoms with Gasteiger partial charge in [0, 0.05) is 5.41 Å². The van der Waals surface area contributed by atoms with Gasteiger partial charge in [0.2, 0.25) is 0 Å².